The summed E-state index contributed by atoms with van der Waals surface area (Å²) in [5.41, 5.74) is 6.71. The zero-order chi connectivity index (χ0) is 83.3. The normalized spacial score (nSPS) is 14.7. The summed E-state index contributed by atoms with van der Waals surface area (Å²) in [6, 6.07) is 7.07. The van der Waals surface area contributed by atoms with Crippen LogP contribution in [-0.4, -0.2) is 149 Å². The molecule has 0 fully saturated rings. The van der Waals surface area contributed by atoms with Gasteiger partial charge in [0, 0.05) is 70.6 Å². The number of hydrogen-bond donors (Lipinski definition) is 4. The molecule has 0 aliphatic rings. The molecule has 6 unspecified atom stereocenters. The number of rotatable bonds is 62. The molecule has 3 aromatic rings. The minimum atomic E-state index is -3.56. The lowest BCUT2D eigenvalue weighted by Gasteiger charge is -2.29. The fraction of sp³-hybridized carbons (Fsp3) is 0.833. The molecule has 2 aromatic heterocycles. The summed E-state index contributed by atoms with van der Waals surface area (Å²) in [6.07, 6.45) is 27.7. The zero-order valence-electron chi connectivity index (χ0n) is 74.6. The molecule has 646 valence electrons. The number of para-hydroxylation sites is 1. The molecule has 4 amide bonds. The molecule has 0 aliphatic heterocycles. The quantitative estimate of drug-likeness (QED) is 0.0177. The van der Waals surface area contributed by atoms with Crippen molar-refractivity contribution < 1.29 is 56.5 Å². The van der Waals surface area contributed by atoms with Crippen LogP contribution in [0, 0.1) is 47.3 Å². The highest BCUT2D eigenvalue weighted by molar-refractivity contribution is 7.53. The van der Waals surface area contributed by atoms with Gasteiger partial charge >= 0.3 is 25.8 Å². The average Bonchev–Trinajstić information content (AvgIpc) is 1.59. The van der Waals surface area contributed by atoms with Crippen LogP contribution in [0.3, 0.4) is 0 Å². The van der Waals surface area contributed by atoms with Gasteiger partial charge in [-0.05, 0) is 193 Å². The van der Waals surface area contributed by atoms with Crippen LogP contribution in [0.4, 0.5) is 15.4 Å². The third kappa shape index (κ3) is 46.6. The van der Waals surface area contributed by atoms with Gasteiger partial charge in [-0.3, -0.25) is 18.9 Å². The maximum absolute atomic E-state index is 15.0. The molecule has 0 radical (unpaired) electrons. The molecule has 7 atom stereocenters. The van der Waals surface area contributed by atoms with Crippen molar-refractivity contribution in [3.63, 3.8) is 0 Å². The van der Waals surface area contributed by atoms with E-state index in [0.29, 0.717) is 151 Å². The number of anilines is 1. The Kier molecular flexibility index (Phi) is 49.4. The van der Waals surface area contributed by atoms with Gasteiger partial charge in [0.2, 0.25) is 11.8 Å². The number of nitrogens with one attached hydrogen (secondary N) is 3. The third-order valence-electron chi connectivity index (χ3n) is 21.1. The molecule has 3 rings (SSSR count). The van der Waals surface area contributed by atoms with Gasteiger partial charge in [0.15, 0.2) is 5.82 Å². The van der Waals surface area contributed by atoms with E-state index in [-0.39, 0.29) is 56.4 Å². The van der Waals surface area contributed by atoms with Crippen LogP contribution in [0.2, 0.25) is 0 Å². The number of hydrogen-bond acceptors (Lipinski definition) is 16. The first-order valence-electron chi connectivity index (χ1n) is 44.3. The molecule has 112 heavy (non-hydrogen) atoms. The molecular formula is C90H164N9O12P. The van der Waals surface area contributed by atoms with Crippen LogP contribution in [0.25, 0.3) is 21.9 Å². The van der Waals surface area contributed by atoms with Crippen molar-refractivity contribution in [1.82, 2.24) is 40.3 Å². The predicted octanol–water partition coefficient (Wildman–Crippen LogP) is 21.8. The van der Waals surface area contributed by atoms with Crippen LogP contribution in [0.1, 0.15) is 337 Å². The van der Waals surface area contributed by atoms with Gasteiger partial charge < -0.3 is 64.0 Å². The standard InChI is InChI=1S/C90H164N9O12P/c1-21-106-67-79-96-82-83(76-49-22-23-50-77(76)95-84(82)91)99(79)63-35-57-94-85(102)78(52-53-80(100)93-56-34-62-98(87(104)111-90(18,19)20)61-27-26-60-97(86(103)110-89(15,16)17)59-25-24-51-81(101)109-88(12,13)14)92-58-36-66-112(105,107-64-54-74(10)47-32-45-72(8)43-30-41-70(6)39-28-37-68(2)3)108-65-55-75(11)48-33-46-73(9)44-31-42-71(7)40-29-38-69(4)5/h22-23,49-50,68-75,78,92H,21,24-48,51-67H2,1-20H3,(H2,91,95)(H,93,100)(H,94,102)/t70?,71?,72?,73?,74?,75?,78-,112?/m0/s1. The number of aromatic nitrogens is 3. The molecule has 0 saturated carbocycles. The number of ether oxygens (including phenoxy) is 4. The van der Waals surface area contributed by atoms with Gasteiger partial charge in [-0.25, -0.2) is 19.6 Å². The molecule has 0 aliphatic carbocycles. The molecule has 2 heterocycles. The first-order valence-corrected chi connectivity index (χ1v) is 46.0. The van der Waals surface area contributed by atoms with Crippen molar-refractivity contribution in [1.29, 1.82) is 0 Å². The van der Waals surface area contributed by atoms with Crippen LogP contribution >= 0.6 is 7.60 Å². The van der Waals surface area contributed by atoms with Gasteiger partial charge in [-0.2, -0.15) is 0 Å². The highest BCUT2D eigenvalue weighted by atomic mass is 31.2. The number of pyridine rings is 1. The highest BCUT2D eigenvalue weighted by Crippen LogP contribution is 2.49. The molecule has 5 N–H and O–H groups in total. The number of amides is 4. The Morgan fingerprint density at radius 3 is 1.40 bits per heavy atom. The van der Waals surface area contributed by atoms with Crippen molar-refractivity contribution in [2.45, 2.75) is 367 Å². The maximum Gasteiger partial charge on any atom is 0.410 e. The summed E-state index contributed by atoms with van der Waals surface area (Å²) < 4.78 is 52.9. The van der Waals surface area contributed by atoms with E-state index in [2.05, 4.69) is 94.7 Å². The second-order valence-electron chi connectivity index (χ2n) is 37.0. The van der Waals surface area contributed by atoms with Gasteiger partial charge in [0.05, 0.1) is 36.5 Å². The van der Waals surface area contributed by atoms with Gasteiger partial charge in [-0.1, -0.05) is 203 Å². The second-order valence-corrected chi connectivity index (χ2v) is 39.2. The van der Waals surface area contributed by atoms with E-state index >= 15 is 0 Å². The average molecular weight is 1600 g/mol. The van der Waals surface area contributed by atoms with Gasteiger partial charge in [0.25, 0.3) is 0 Å². The number of nitrogens with zero attached hydrogens (tertiary/aromatic N) is 5. The first kappa shape index (κ1) is 101. The summed E-state index contributed by atoms with van der Waals surface area (Å²) in [7, 11) is -3.56. The molecule has 0 saturated heterocycles. The minimum Gasteiger partial charge on any atom is -0.460 e. The Morgan fingerprint density at radius 2 is 0.938 bits per heavy atom. The van der Waals surface area contributed by atoms with Crippen LogP contribution < -0.4 is 21.7 Å². The van der Waals surface area contributed by atoms with E-state index < -0.39 is 42.6 Å². The number of carbonyl (C=O) groups excluding carboxylic acids is 5. The molecule has 22 heteroatoms. The van der Waals surface area contributed by atoms with E-state index in [1.54, 1.807) is 9.80 Å². The largest absolute Gasteiger partial charge is 0.460 e. The lowest BCUT2D eigenvalue weighted by Crippen LogP contribution is -2.45. The second kappa shape index (κ2) is 54.8. The molecule has 0 spiro atoms. The molecule has 0 bridgehead atoms. The minimum absolute atomic E-state index is 0.0369. The van der Waals surface area contributed by atoms with Crippen molar-refractivity contribution in [2.24, 2.45) is 47.3 Å². The van der Waals surface area contributed by atoms with E-state index in [9.17, 15) is 28.5 Å². The topological polar surface area (TPSA) is 257 Å². The summed E-state index contributed by atoms with van der Waals surface area (Å²) in [4.78, 5) is 80.7. The monoisotopic (exact) mass is 1590 g/mol. The number of nitrogen functional groups attached to an aromatic ring is 1. The molecule has 1 aromatic carbocycles. The SMILES string of the molecule is CCOCc1nc2c(N)nc3ccccc3c2n1CCCNC(=O)[C@H](CCC(=O)NCCCN(CCCCN(CCCCC(=O)OC(C)(C)C)C(=O)OC(C)(C)C)C(=O)OC(C)(C)C)NCCCP(=O)(OCCC(C)CCCC(C)CCCC(C)CCCC(C)C)OCCC(C)CCCC(C)CCCC(C)CCCC(C)C. The number of benzene rings is 1. The Hall–Kier alpha value is -5.08. The number of fused-ring (bicyclic) bond motifs is 3. The lowest BCUT2D eigenvalue weighted by molar-refractivity contribution is -0.155. The van der Waals surface area contributed by atoms with Crippen LogP contribution in [-0.2, 0) is 60.1 Å². The van der Waals surface area contributed by atoms with Crippen molar-refractivity contribution >= 4 is 65.3 Å². The third-order valence-corrected chi connectivity index (χ3v) is 23.1. The van der Waals surface area contributed by atoms with Crippen LogP contribution in [0.15, 0.2) is 24.3 Å². The van der Waals surface area contributed by atoms with Crippen LogP contribution in [0.5, 0.6) is 0 Å². The number of esters is 1. The first-order chi connectivity index (χ1) is 52.9. The van der Waals surface area contributed by atoms with Gasteiger partial charge in [-0.15, -0.1) is 0 Å². The van der Waals surface area contributed by atoms with Crippen molar-refractivity contribution in [3.8, 4) is 0 Å². The van der Waals surface area contributed by atoms with E-state index in [1.807, 2.05) is 93.5 Å². The summed E-state index contributed by atoms with van der Waals surface area (Å²) in [5, 5.41) is 10.6. The summed E-state index contributed by atoms with van der Waals surface area (Å²) >= 11 is 0. The zero-order valence-corrected chi connectivity index (χ0v) is 75.5. The maximum atomic E-state index is 15.0. The fourth-order valence-electron chi connectivity index (χ4n) is 14.4. The number of aryl methyl sites for hydroxylation is 1. The Morgan fingerprint density at radius 1 is 0.500 bits per heavy atom. The van der Waals surface area contributed by atoms with Crippen molar-refractivity contribution in [3.05, 3.63) is 30.1 Å². The van der Waals surface area contributed by atoms with E-state index in [1.165, 1.54) is 103 Å². The Bertz CT molecular complexity index is 3090. The summed E-state index contributed by atoms with van der Waals surface area (Å²) in [5.74, 6) is 5.63. The fourth-order valence-corrected chi connectivity index (χ4v) is 16.0. The lowest BCUT2D eigenvalue weighted by atomic mass is 9.91. The van der Waals surface area contributed by atoms with Gasteiger partial charge in [0.1, 0.15) is 34.8 Å². The summed E-state index contributed by atoms with van der Waals surface area (Å²) in [6.45, 7) is 46.2. The Balaban J connectivity index is 1.76. The van der Waals surface area contributed by atoms with E-state index in [4.69, 9.17) is 38.7 Å². The number of imidazole rings is 1. The smallest absolute Gasteiger partial charge is 0.410 e. The number of carbonyl (C=O) groups is 5. The predicted molar refractivity (Wildman–Crippen MR) is 462 cm³/mol. The molecular weight excluding hydrogens is 1430 g/mol. The Labute approximate surface area is 680 Å². The van der Waals surface area contributed by atoms with E-state index in [0.717, 1.165) is 65.8 Å². The van der Waals surface area contributed by atoms with Crippen molar-refractivity contribution in [2.75, 3.05) is 77.5 Å². The number of unbranched alkanes of at least 4 members (excludes halogenated alkanes) is 2. The molecule has 21 nitrogen and oxygen atoms in total. The highest BCUT2D eigenvalue weighted by Gasteiger charge is 2.29. The number of nitrogens with two attached hydrogens (primary N) is 1.